The van der Waals surface area contributed by atoms with Gasteiger partial charge in [-0.25, -0.2) is 4.98 Å². The highest BCUT2D eigenvalue weighted by atomic mass is 35.5. The van der Waals surface area contributed by atoms with Crippen LogP contribution in [0.1, 0.15) is 31.7 Å². The molecule has 0 saturated carbocycles. The lowest BCUT2D eigenvalue weighted by Crippen LogP contribution is -2.40. The van der Waals surface area contributed by atoms with Crippen molar-refractivity contribution in [3.05, 3.63) is 60.5 Å². The van der Waals surface area contributed by atoms with Crippen LogP contribution in [0.3, 0.4) is 0 Å². The van der Waals surface area contributed by atoms with Crippen molar-refractivity contribution < 1.29 is 4.79 Å². The monoisotopic (exact) mass is 478 g/mol. The third-order valence-corrected chi connectivity index (χ3v) is 6.90. The summed E-state index contributed by atoms with van der Waals surface area (Å²) in [5, 5.41) is 14.1. The number of aromatic nitrogens is 4. The lowest BCUT2D eigenvalue weighted by molar-refractivity contribution is -0.111. The van der Waals surface area contributed by atoms with Gasteiger partial charge in [0.2, 0.25) is 11.9 Å². The second-order valence-corrected chi connectivity index (χ2v) is 9.21. The molecule has 3 aromatic rings. The molecule has 2 fully saturated rings. The first kappa shape index (κ1) is 22.4. The average Bonchev–Trinajstić information content (AvgIpc) is 3.35. The number of fused-ring (bicyclic) bond motifs is 2. The van der Waals surface area contributed by atoms with Gasteiger partial charge in [-0.2, -0.15) is 10.1 Å². The zero-order chi connectivity index (χ0) is 23.7. The fourth-order valence-electron chi connectivity index (χ4n) is 4.85. The van der Waals surface area contributed by atoms with Gasteiger partial charge >= 0.3 is 0 Å². The highest BCUT2D eigenvalue weighted by Gasteiger charge is 2.39. The van der Waals surface area contributed by atoms with E-state index in [1.807, 2.05) is 18.3 Å². The van der Waals surface area contributed by atoms with Crippen LogP contribution >= 0.6 is 11.6 Å². The molecule has 2 unspecified atom stereocenters. The van der Waals surface area contributed by atoms with Crippen LogP contribution in [0.4, 0.5) is 28.8 Å². The Morgan fingerprint density at radius 1 is 1.12 bits per heavy atom. The van der Waals surface area contributed by atoms with E-state index >= 15 is 0 Å². The van der Waals surface area contributed by atoms with Gasteiger partial charge in [-0.05, 0) is 57.0 Å². The predicted octanol–water partition coefficient (Wildman–Crippen LogP) is 4.74. The number of hydrogen-bond acceptors (Lipinski definition) is 7. The number of anilines is 5. The molecular formula is C24H27ClN8O. The molecule has 176 valence electrons. The number of halogens is 1. The smallest absolute Gasteiger partial charge is 0.247 e. The molecule has 2 bridgehead atoms. The molecule has 4 heterocycles. The third-order valence-electron chi connectivity index (χ3n) is 6.63. The van der Waals surface area contributed by atoms with Crippen LogP contribution in [0.15, 0.2) is 55.5 Å². The number of benzene rings is 1. The second-order valence-electron chi connectivity index (χ2n) is 8.80. The fraction of sp³-hybridized carbons (Fsp3) is 0.333. The van der Waals surface area contributed by atoms with Crippen molar-refractivity contribution in [2.45, 2.75) is 43.8 Å². The summed E-state index contributed by atoms with van der Waals surface area (Å²) < 4.78 is 2.07. The van der Waals surface area contributed by atoms with Crippen molar-refractivity contribution in [2.24, 2.45) is 0 Å². The molecule has 0 radical (unpaired) electrons. The first-order valence-electron chi connectivity index (χ1n) is 11.3. The summed E-state index contributed by atoms with van der Waals surface area (Å²) in [4.78, 5) is 22.9. The Hall–Kier alpha value is -3.43. The van der Waals surface area contributed by atoms with E-state index in [1.165, 1.54) is 18.9 Å². The second kappa shape index (κ2) is 9.44. The lowest BCUT2D eigenvalue weighted by Gasteiger charge is -2.36. The van der Waals surface area contributed by atoms with Crippen molar-refractivity contribution >= 4 is 46.3 Å². The van der Waals surface area contributed by atoms with E-state index in [4.69, 9.17) is 11.6 Å². The molecule has 5 rings (SSSR count). The van der Waals surface area contributed by atoms with Crippen LogP contribution in [0.2, 0.25) is 5.02 Å². The zero-order valence-corrected chi connectivity index (χ0v) is 19.7. The van der Waals surface area contributed by atoms with Gasteiger partial charge < -0.3 is 20.9 Å². The zero-order valence-electron chi connectivity index (χ0n) is 18.9. The van der Waals surface area contributed by atoms with E-state index in [-0.39, 0.29) is 5.91 Å². The number of carbonyl (C=O) groups excluding carboxylic acids is 1. The highest BCUT2D eigenvalue weighted by molar-refractivity contribution is 6.32. The Bertz CT molecular complexity index is 1200. The number of nitrogens with one attached hydrogen (secondary N) is 3. The summed E-state index contributed by atoms with van der Waals surface area (Å²) in [5.74, 6) is 0.578. The molecule has 10 heteroatoms. The lowest BCUT2D eigenvalue weighted by atomic mass is 9.98. The minimum absolute atomic E-state index is 0.280. The Balaban J connectivity index is 1.27. The van der Waals surface area contributed by atoms with E-state index in [0.29, 0.717) is 40.6 Å². The highest BCUT2D eigenvalue weighted by Crippen LogP contribution is 2.39. The number of amides is 1. The van der Waals surface area contributed by atoms with Crippen molar-refractivity contribution in [1.29, 1.82) is 0 Å². The molecule has 2 aromatic heterocycles. The number of rotatable bonds is 7. The van der Waals surface area contributed by atoms with Crippen LogP contribution in [-0.4, -0.2) is 49.7 Å². The van der Waals surface area contributed by atoms with E-state index in [1.54, 1.807) is 24.5 Å². The van der Waals surface area contributed by atoms with Gasteiger partial charge in [-0.3, -0.25) is 9.48 Å². The molecule has 0 spiro atoms. The van der Waals surface area contributed by atoms with Gasteiger partial charge in [0.25, 0.3) is 0 Å². The van der Waals surface area contributed by atoms with Gasteiger partial charge in [-0.1, -0.05) is 24.2 Å². The van der Waals surface area contributed by atoms with Gasteiger partial charge in [0, 0.05) is 29.7 Å². The third kappa shape index (κ3) is 4.76. The number of nitrogens with zero attached hydrogens (tertiary/aromatic N) is 5. The Morgan fingerprint density at radius 3 is 2.65 bits per heavy atom. The molecule has 1 amide bonds. The van der Waals surface area contributed by atoms with Gasteiger partial charge in [0.15, 0.2) is 5.82 Å². The SMILES string of the molecule is C=CC(=O)Nc1cccc(Nc2nc(Nc3cnn(C4CC5CCC(C4)N5C)c3)ncc2Cl)c1. The van der Waals surface area contributed by atoms with Crippen molar-refractivity contribution in [2.75, 3.05) is 23.0 Å². The molecule has 2 atom stereocenters. The van der Waals surface area contributed by atoms with Gasteiger partial charge in [-0.15, -0.1) is 0 Å². The van der Waals surface area contributed by atoms with E-state index in [0.717, 1.165) is 24.2 Å². The van der Waals surface area contributed by atoms with Gasteiger partial charge in [0.05, 0.1) is 24.1 Å². The Morgan fingerprint density at radius 2 is 1.88 bits per heavy atom. The number of piperidine rings is 1. The molecule has 1 aromatic carbocycles. The average molecular weight is 479 g/mol. The summed E-state index contributed by atoms with van der Waals surface area (Å²) in [6.07, 6.45) is 11.4. The molecule has 3 N–H and O–H groups in total. The summed E-state index contributed by atoms with van der Waals surface area (Å²) in [5.41, 5.74) is 2.18. The first-order chi connectivity index (χ1) is 16.5. The fourth-order valence-corrected chi connectivity index (χ4v) is 4.99. The Kier molecular flexibility index (Phi) is 6.21. The van der Waals surface area contributed by atoms with Crippen LogP contribution < -0.4 is 16.0 Å². The maximum absolute atomic E-state index is 11.6. The normalized spacial score (nSPS) is 21.8. The summed E-state index contributed by atoms with van der Waals surface area (Å²) in [7, 11) is 2.24. The topological polar surface area (TPSA) is 100 Å². The van der Waals surface area contributed by atoms with E-state index in [9.17, 15) is 4.79 Å². The quantitative estimate of drug-likeness (QED) is 0.422. The van der Waals surface area contributed by atoms with Crippen molar-refractivity contribution in [3.8, 4) is 0 Å². The summed E-state index contributed by atoms with van der Waals surface area (Å²) in [6.45, 7) is 3.47. The standard InChI is InChI=1S/C24H27ClN8O/c1-3-22(34)28-15-5-4-6-16(9-15)29-23-21(25)13-26-24(31-23)30-17-12-27-33(14-17)20-10-18-7-8-19(11-20)32(18)2/h3-6,9,12-14,18-20H,1,7-8,10-11H2,2H3,(H,28,34)(H2,26,29,30,31). The molecule has 2 aliphatic rings. The van der Waals surface area contributed by atoms with E-state index in [2.05, 4.69) is 54.2 Å². The number of hydrogen-bond donors (Lipinski definition) is 3. The summed E-state index contributed by atoms with van der Waals surface area (Å²) in [6, 6.07) is 8.97. The molecule has 9 nitrogen and oxygen atoms in total. The first-order valence-corrected chi connectivity index (χ1v) is 11.7. The Labute approximate surface area is 203 Å². The molecule has 34 heavy (non-hydrogen) atoms. The van der Waals surface area contributed by atoms with Crippen LogP contribution in [0, 0.1) is 0 Å². The van der Waals surface area contributed by atoms with Crippen LogP contribution in [0.5, 0.6) is 0 Å². The minimum Gasteiger partial charge on any atom is -0.339 e. The molecule has 2 aliphatic heterocycles. The maximum atomic E-state index is 11.6. The van der Waals surface area contributed by atoms with Crippen molar-refractivity contribution in [3.63, 3.8) is 0 Å². The molecule has 0 aliphatic carbocycles. The van der Waals surface area contributed by atoms with Crippen LogP contribution in [0.25, 0.3) is 0 Å². The maximum Gasteiger partial charge on any atom is 0.247 e. The van der Waals surface area contributed by atoms with E-state index < -0.39 is 0 Å². The van der Waals surface area contributed by atoms with Crippen molar-refractivity contribution in [1.82, 2.24) is 24.6 Å². The van der Waals surface area contributed by atoms with Gasteiger partial charge in [0.1, 0.15) is 5.02 Å². The number of carbonyl (C=O) groups is 1. The summed E-state index contributed by atoms with van der Waals surface area (Å²) >= 11 is 6.33. The largest absolute Gasteiger partial charge is 0.339 e. The van der Waals surface area contributed by atoms with Crippen LogP contribution in [-0.2, 0) is 4.79 Å². The molecule has 2 saturated heterocycles. The predicted molar refractivity (Wildman–Crippen MR) is 134 cm³/mol. The molecular weight excluding hydrogens is 452 g/mol. The minimum atomic E-state index is -0.280.